The van der Waals surface area contributed by atoms with Crippen molar-refractivity contribution in [1.29, 1.82) is 0 Å². The van der Waals surface area contributed by atoms with E-state index in [2.05, 4.69) is 41.2 Å². The zero-order valence-corrected chi connectivity index (χ0v) is 12.1. The smallest absolute Gasteiger partial charge is 0.0576 e. The molecule has 3 atom stereocenters. The monoisotopic (exact) mass is 296 g/mol. The molecule has 2 rings (SSSR count). The number of hydrogen-bond donors (Lipinski definition) is 2. The minimum atomic E-state index is 0.574. The molecular weight excluding hydrogens is 276 g/mol. The van der Waals surface area contributed by atoms with Gasteiger partial charge in [0, 0.05) is 10.5 Å². The minimum Gasteiger partial charge on any atom is -0.397 e. The number of anilines is 2. The van der Waals surface area contributed by atoms with Crippen molar-refractivity contribution in [3.05, 3.63) is 22.7 Å². The Bertz CT molecular complexity index is 392. The van der Waals surface area contributed by atoms with Gasteiger partial charge in [0.2, 0.25) is 0 Å². The van der Waals surface area contributed by atoms with Gasteiger partial charge in [-0.1, -0.05) is 29.8 Å². The van der Waals surface area contributed by atoms with Crippen molar-refractivity contribution < 1.29 is 0 Å². The van der Waals surface area contributed by atoms with Crippen molar-refractivity contribution in [3.63, 3.8) is 0 Å². The number of nitrogen functional groups attached to an aromatic ring is 1. The number of nitrogens with one attached hydrogen (secondary N) is 1. The summed E-state index contributed by atoms with van der Waals surface area (Å²) in [7, 11) is 0. The second kappa shape index (κ2) is 5.30. The van der Waals surface area contributed by atoms with Gasteiger partial charge in [-0.05, 0) is 49.3 Å². The van der Waals surface area contributed by atoms with Crippen LogP contribution in [0, 0.1) is 11.8 Å². The van der Waals surface area contributed by atoms with E-state index in [1.165, 1.54) is 19.3 Å². The Labute approximate surface area is 112 Å². The standard InChI is InChI=1S/C14H21BrN2/c1-9-3-5-12(7-10(9)2)17-14-6-4-11(15)8-13(14)16/h4,6,8-10,12,17H,3,5,7,16H2,1-2H3. The van der Waals surface area contributed by atoms with E-state index in [0.717, 1.165) is 27.7 Å². The first-order valence-electron chi connectivity index (χ1n) is 6.38. The molecule has 0 heterocycles. The molecule has 0 aliphatic heterocycles. The normalized spacial score (nSPS) is 29.0. The van der Waals surface area contributed by atoms with Crippen LogP contribution in [-0.2, 0) is 0 Å². The number of rotatable bonds is 2. The largest absolute Gasteiger partial charge is 0.397 e. The highest BCUT2D eigenvalue weighted by molar-refractivity contribution is 9.10. The fraction of sp³-hybridized carbons (Fsp3) is 0.571. The van der Waals surface area contributed by atoms with Gasteiger partial charge in [-0.15, -0.1) is 0 Å². The van der Waals surface area contributed by atoms with Gasteiger partial charge in [0.05, 0.1) is 11.4 Å². The van der Waals surface area contributed by atoms with Crippen LogP contribution in [-0.4, -0.2) is 6.04 Å². The van der Waals surface area contributed by atoms with Crippen LogP contribution in [0.3, 0.4) is 0 Å². The molecule has 17 heavy (non-hydrogen) atoms. The number of nitrogens with two attached hydrogens (primary N) is 1. The van der Waals surface area contributed by atoms with Crippen molar-refractivity contribution in [2.45, 2.75) is 39.2 Å². The molecule has 3 unspecified atom stereocenters. The Morgan fingerprint density at radius 1 is 1.24 bits per heavy atom. The molecule has 1 saturated carbocycles. The maximum Gasteiger partial charge on any atom is 0.0576 e. The van der Waals surface area contributed by atoms with E-state index in [4.69, 9.17) is 5.73 Å². The number of benzene rings is 1. The molecule has 0 amide bonds. The highest BCUT2D eigenvalue weighted by atomic mass is 79.9. The van der Waals surface area contributed by atoms with E-state index in [-0.39, 0.29) is 0 Å². The molecule has 0 aromatic heterocycles. The lowest BCUT2D eigenvalue weighted by molar-refractivity contribution is 0.261. The molecule has 3 N–H and O–H groups in total. The Morgan fingerprint density at radius 2 is 2.00 bits per heavy atom. The summed E-state index contributed by atoms with van der Waals surface area (Å²) in [5.41, 5.74) is 7.90. The van der Waals surface area contributed by atoms with Crippen molar-refractivity contribution in [2.24, 2.45) is 11.8 Å². The minimum absolute atomic E-state index is 0.574. The van der Waals surface area contributed by atoms with E-state index < -0.39 is 0 Å². The molecule has 1 aromatic carbocycles. The lowest BCUT2D eigenvalue weighted by Crippen LogP contribution is -2.30. The van der Waals surface area contributed by atoms with Crippen molar-refractivity contribution in [1.82, 2.24) is 0 Å². The quantitative estimate of drug-likeness (QED) is 0.800. The molecule has 94 valence electrons. The van der Waals surface area contributed by atoms with Gasteiger partial charge in [0.15, 0.2) is 0 Å². The summed E-state index contributed by atoms with van der Waals surface area (Å²) in [6.07, 6.45) is 3.81. The Kier molecular flexibility index (Phi) is 3.97. The van der Waals surface area contributed by atoms with Crippen LogP contribution in [0.5, 0.6) is 0 Å². The van der Waals surface area contributed by atoms with E-state index in [1.54, 1.807) is 0 Å². The van der Waals surface area contributed by atoms with E-state index in [1.807, 2.05) is 12.1 Å². The fourth-order valence-electron chi connectivity index (χ4n) is 2.56. The van der Waals surface area contributed by atoms with Crippen molar-refractivity contribution in [2.75, 3.05) is 11.1 Å². The fourth-order valence-corrected chi connectivity index (χ4v) is 2.94. The number of halogens is 1. The van der Waals surface area contributed by atoms with Crippen LogP contribution in [0.15, 0.2) is 22.7 Å². The van der Waals surface area contributed by atoms with E-state index in [9.17, 15) is 0 Å². The van der Waals surface area contributed by atoms with Crippen molar-refractivity contribution >= 4 is 27.3 Å². The van der Waals surface area contributed by atoms with Crippen LogP contribution in [0.25, 0.3) is 0 Å². The Morgan fingerprint density at radius 3 is 2.65 bits per heavy atom. The summed E-state index contributed by atoms with van der Waals surface area (Å²) < 4.78 is 1.03. The Hall–Kier alpha value is -0.700. The lowest BCUT2D eigenvalue weighted by Gasteiger charge is -2.33. The third-order valence-corrected chi connectivity index (χ3v) is 4.46. The van der Waals surface area contributed by atoms with Crippen LogP contribution in [0.4, 0.5) is 11.4 Å². The number of hydrogen-bond acceptors (Lipinski definition) is 2. The summed E-state index contributed by atoms with van der Waals surface area (Å²) in [4.78, 5) is 0. The zero-order chi connectivity index (χ0) is 12.4. The summed E-state index contributed by atoms with van der Waals surface area (Å²) in [5, 5.41) is 3.58. The van der Waals surface area contributed by atoms with Gasteiger partial charge in [-0.3, -0.25) is 0 Å². The molecule has 0 bridgehead atoms. The third-order valence-electron chi connectivity index (χ3n) is 3.97. The zero-order valence-electron chi connectivity index (χ0n) is 10.5. The summed E-state index contributed by atoms with van der Waals surface area (Å²) in [5.74, 6) is 1.66. The second-order valence-electron chi connectivity index (χ2n) is 5.34. The lowest BCUT2D eigenvalue weighted by atomic mass is 9.79. The molecule has 0 radical (unpaired) electrons. The SMILES string of the molecule is CC1CCC(Nc2ccc(Br)cc2N)CC1C. The predicted octanol–water partition coefficient (Wildman–Crippen LogP) is 4.27. The van der Waals surface area contributed by atoms with Gasteiger partial charge in [0.1, 0.15) is 0 Å². The van der Waals surface area contributed by atoms with E-state index >= 15 is 0 Å². The molecule has 0 saturated heterocycles. The van der Waals surface area contributed by atoms with Crippen LogP contribution in [0.2, 0.25) is 0 Å². The average molecular weight is 297 g/mol. The topological polar surface area (TPSA) is 38.0 Å². The van der Waals surface area contributed by atoms with Gasteiger partial charge in [-0.25, -0.2) is 0 Å². The van der Waals surface area contributed by atoms with Gasteiger partial charge < -0.3 is 11.1 Å². The predicted molar refractivity (Wildman–Crippen MR) is 78.1 cm³/mol. The molecule has 1 aromatic rings. The first-order valence-corrected chi connectivity index (χ1v) is 7.17. The maximum absolute atomic E-state index is 6.01. The van der Waals surface area contributed by atoms with Gasteiger partial charge in [0.25, 0.3) is 0 Å². The van der Waals surface area contributed by atoms with Crippen molar-refractivity contribution in [3.8, 4) is 0 Å². The highest BCUT2D eigenvalue weighted by Crippen LogP contribution is 2.32. The van der Waals surface area contributed by atoms with E-state index in [0.29, 0.717) is 6.04 Å². The molecule has 1 aliphatic rings. The van der Waals surface area contributed by atoms with Crippen LogP contribution in [0.1, 0.15) is 33.1 Å². The summed E-state index contributed by atoms with van der Waals surface area (Å²) in [6.45, 7) is 4.71. The molecule has 1 fully saturated rings. The van der Waals surface area contributed by atoms with Crippen LogP contribution >= 0.6 is 15.9 Å². The van der Waals surface area contributed by atoms with Crippen LogP contribution < -0.4 is 11.1 Å². The molecule has 3 heteroatoms. The highest BCUT2D eigenvalue weighted by Gasteiger charge is 2.24. The molecule has 2 nitrogen and oxygen atoms in total. The first-order chi connectivity index (χ1) is 8.06. The second-order valence-corrected chi connectivity index (χ2v) is 6.26. The first kappa shape index (κ1) is 12.7. The molecule has 0 spiro atoms. The summed E-state index contributed by atoms with van der Waals surface area (Å²) in [6, 6.07) is 6.62. The van der Waals surface area contributed by atoms with Gasteiger partial charge in [-0.2, -0.15) is 0 Å². The molecule has 1 aliphatic carbocycles. The summed E-state index contributed by atoms with van der Waals surface area (Å²) >= 11 is 3.43. The molecular formula is C14H21BrN2. The van der Waals surface area contributed by atoms with Gasteiger partial charge >= 0.3 is 0 Å². The average Bonchev–Trinajstić information content (AvgIpc) is 2.27. The third kappa shape index (κ3) is 3.15. The maximum atomic E-state index is 6.01. The Balaban J connectivity index is 2.01.